The third kappa shape index (κ3) is 6.73. The van der Waals surface area contributed by atoms with Crippen molar-refractivity contribution in [2.75, 3.05) is 26.4 Å². The molecule has 0 spiro atoms. The second kappa shape index (κ2) is 11.4. The van der Waals surface area contributed by atoms with E-state index in [9.17, 15) is 23.0 Å². The van der Waals surface area contributed by atoms with Gasteiger partial charge in [-0.3, -0.25) is 13.9 Å². The van der Waals surface area contributed by atoms with E-state index in [2.05, 4.69) is 32.9 Å². The molecule has 3 N–H and O–H groups in total. The molecule has 2 atom stereocenters. The molecule has 0 fully saturated rings. The summed E-state index contributed by atoms with van der Waals surface area (Å²) in [5.41, 5.74) is 3.00. The molecule has 34 heavy (non-hydrogen) atoms. The van der Waals surface area contributed by atoms with Crippen LogP contribution in [0.1, 0.15) is 34.5 Å². The molecule has 2 heterocycles. The average molecular weight is 619 g/mol. The summed E-state index contributed by atoms with van der Waals surface area (Å²) in [7, 11) is -1.56. The normalized spacial score (nSPS) is 14.3. The van der Waals surface area contributed by atoms with Crippen molar-refractivity contribution in [3.8, 4) is 11.3 Å². The van der Waals surface area contributed by atoms with Crippen molar-refractivity contribution in [2.45, 2.75) is 26.3 Å². The number of fused-ring (bicyclic) bond motifs is 1. The summed E-state index contributed by atoms with van der Waals surface area (Å²) in [4.78, 5) is 26.7. The molecule has 2 aromatic heterocycles. The van der Waals surface area contributed by atoms with E-state index in [0.717, 1.165) is 14.7 Å². The van der Waals surface area contributed by atoms with Crippen molar-refractivity contribution in [3.05, 3.63) is 50.7 Å². The lowest BCUT2D eigenvalue weighted by molar-refractivity contribution is 0.0964. The molecule has 3 aromatic rings. The highest BCUT2D eigenvalue weighted by molar-refractivity contribution is 14.1. The Kier molecular flexibility index (Phi) is 9.04. The van der Waals surface area contributed by atoms with Crippen LogP contribution in [0.3, 0.4) is 0 Å². The molecule has 12 heteroatoms. The number of furan rings is 1. The first kappa shape index (κ1) is 27.0. The summed E-state index contributed by atoms with van der Waals surface area (Å²) in [5, 5.41) is 3.21. The third-order valence-electron chi connectivity index (χ3n) is 5.25. The minimum absolute atomic E-state index is 0.0795. The molecule has 1 aromatic carbocycles. The second-order valence-electron chi connectivity index (χ2n) is 8.10. The Labute approximate surface area is 214 Å². The first-order valence-electron chi connectivity index (χ1n) is 10.6. The van der Waals surface area contributed by atoms with Crippen LogP contribution in [0.15, 0.2) is 34.7 Å². The maximum atomic E-state index is 12.7. The van der Waals surface area contributed by atoms with Crippen molar-refractivity contribution in [1.82, 2.24) is 14.6 Å². The average Bonchev–Trinajstić information content (AvgIpc) is 3.13. The lowest BCUT2D eigenvalue weighted by atomic mass is 10.0. The van der Waals surface area contributed by atoms with E-state index in [1.807, 2.05) is 31.2 Å². The van der Waals surface area contributed by atoms with Crippen molar-refractivity contribution >= 4 is 58.2 Å². The number of carbonyl (C=O) groups excluding carboxylic acids is 1. The van der Waals surface area contributed by atoms with E-state index >= 15 is 0 Å². The zero-order chi connectivity index (χ0) is 25.0. The van der Waals surface area contributed by atoms with Gasteiger partial charge in [0.05, 0.1) is 23.2 Å². The van der Waals surface area contributed by atoms with Crippen LogP contribution in [0.5, 0.6) is 0 Å². The first-order chi connectivity index (χ1) is 16.0. The smallest absolute Gasteiger partial charge is 0.255 e. The Hall–Kier alpha value is -1.63. The summed E-state index contributed by atoms with van der Waals surface area (Å²) < 4.78 is 41.2. The number of rotatable bonds is 10. The summed E-state index contributed by atoms with van der Waals surface area (Å²) in [6, 6.07) is 9.41. The van der Waals surface area contributed by atoms with Gasteiger partial charge in [0.25, 0.3) is 5.91 Å². The molecule has 0 aliphatic carbocycles. The number of amides is 1. The van der Waals surface area contributed by atoms with E-state index in [-0.39, 0.29) is 30.9 Å². The number of benzene rings is 1. The van der Waals surface area contributed by atoms with Crippen LogP contribution in [-0.2, 0) is 22.4 Å². The predicted molar refractivity (Wildman–Crippen MR) is 141 cm³/mol. The van der Waals surface area contributed by atoms with Gasteiger partial charge in [-0.25, -0.2) is 9.19 Å². The minimum atomic E-state index is -3.11. The molecule has 1 amide bonds. The Morgan fingerprint density at radius 3 is 2.56 bits per heavy atom. The van der Waals surface area contributed by atoms with Gasteiger partial charge in [0.1, 0.15) is 5.76 Å². The lowest BCUT2D eigenvalue weighted by Gasteiger charge is -2.18. The zero-order valence-corrected chi connectivity index (χ0v) is 22.9. The van der Waals surface area contributed by atoms with E-state index in [1.54, 1.807) is 13.1 Å². The second-order valence-corrected chi connectivity index (χ2v) is 12.8. The van der Waals surface area contributed by atoms with Crippen molar-refractivity contribution in [3.63, 3.8) is 0 Å². The van der Waals surface area contributed by atoms with Crippen LogP contribution in [0, 0.1) is 10.5 Å². The number of nitrogens with one attached hydrogen (secondary N) is 1. The molecule has 0 saturated carbocycles. The maximum Gasteiger partial charge on any atom is 0.255 e. The fourth-order valence-corrected chi connectivity index (χ4v) is 5.41. The van der Waals surface area contributed by atoms with Gasteiger partial charge in [0.15, 0.2) is 7.37 Å². The Balaban J connectivity index is 1.94. The fraction of sp³-hybridized carbons (Fsp3) is 0.364. The molecular formula is C22H27IN3O6PS. The molecule has 0 aliphatic heterocycles. The van der Waals surface area contributed by atoms with Crippen molar-refractivity contribution < 1.29 is 27.4 Å². The fourth-order valence-electron chi connectivity index (χ4n) is 3.48. The first-order valence-corrected chi connectivity index (χ1v) is 15.0. The maximum absolute atomic E-state index is 12.7. The highest BCUT2D eigenvalue weighted by atomic mass is 127. The Morgan fingerprint density at radius 2 is 1.97 bits per heavy atom. The number of aromatic nitrogens is 1. The molecular weight excluding hydrogens is 592 g/mol. The van der Waals surface area contributed by atoms with Crippen molar-refractivity contribution in [2.24, 2.45) is 0 Å². The van der Waals surface area contributed by atoms with Gasteiger partial charge in [-0.15, -0.1) is 0 Å². The monoisotopic (exact) mass is 619 g/mol. The summed E-state index contributed by atoms with van der Waals surface area (Å²) in [6.07, 6.45) is 1.12. The molecule has 184 valence electrons. The number of nitrogens with zero attached hydrogens (tertiary/aromatic N) is 2. The molecule has 0 saturated heterocycles. The number of halogens is 1. The summed E-state index contributed by atoms with van der Waals surface area (Å²) in [5.74, 6) is 0.111. The van der Waals surface area contributed by atoms with Gasteiger partial charge >= 0.3 is 0 Å². The van der Waals surface area contributed by atoms with Gasteiger partial charge in [-0.1, -0.05) is 29.8 Å². The van der Waals surface area contributed by atoms with Crippen molar-refractivity contribution in [1.29, 1.82) is 0 Å². The van der Waals surface area contributed by atoms with Gasteiger partial charge in [-0.05, 0) is 48.4 Å². The standard InChI is InChI=1S/C22H27IN3O6PS/c1-14-6-8-15(9-7-14)20-19(21(27)24-2)16-12-17(23)18(25-22(16)32-20)13-26(34(30)31)10-4-5-11-33(3,28)29/h6-9,12H,4-5,10-11,13H2,1-3H3,(H,24,27)(H,28,29)(H,30,31). The van der Waals surface area contributed by atoms with Crippen LogP contribution in [0.2, 0.25) is 0 Å². The van der Waals surface area contributed by atoms with Gasteiger partial charge in [-0.2, -0.15) is 4.31 Å². The van der Waals surface area contributed by atoms with E-state index in [4.69, 9.17) is 4.42 Å². The van der Waals surface area contributed by atoms with Crippen LogP contribution >= 0.6 is 30.0 Å². The zero-order valence-electron chi connectivity index (χ0n) is 19.1. The van der Waals surface area contributed by atoms with E-state index < -0.39 is 18.6 Å². The number of pyridine rings is 1. The summed E-state index contributed by atoms with van der Waals surface area (Å²) >= 11 is -0.158. The number of aryl methyl sites for hydroxylation is 1. The third-order valence-corrected chi connectivity index (χ3v) is 8.09. The topological polar surface area (TPSA) is 133 Å². The SMILES string of the molecule is CNC(=O)c1c(-c2ccc(C)cc2)oc2nc(CN(CCCCP(C)(=O)O)S(=O)O)c(I)cc12. The molecule has 0 aliphatic rings. The van der Waals surface area contributed by atoms with Crippen LogP contribution < -0.4 is 5.32 Å². The highest BCUT2D eigenvalue weighted by Gasteiger charge is 2.24. The number of hydrogen-bond donors (Lipinski definition) is 3. The highest BCUT2D eigenvalue weighted by Crippen LogP contribution is 2.36. The van der Waals surface area contributed by atoms with Crippen LogP contribution in [-0.4, -0.2) is 55.3 Å². The molecule has 0 bridgehead atoms. The van der Waals surface area contributed by atoms with Crippen LogP contribution in [0.4, 0.5) is 0 Å². The molecule has 3 rings (SSSR count). The van der Waals surface area contributed by atoms with Gasteiger partial charge in [0.2, 0.25) is 17.0 Å². The molecule has 0 radical (unpaired) electrons. The number of unbranched alkanes of at least 4 members (excludes halogenated alkanes) is 1. The Bertz CT molecular complexity index is 1260. The predicted octanol–water partition coefficient (Wildman–Crippen LogP) is 4.39. The van der Waals surface area contributed by atoms with Gasteiger partial charge in [0, 0.05) is 35.6 Å². The van der Waals surface area contributed by atoms with E-state index in [1.165, 1.54) is 11.0 Å². The number of carbonyl (C=O) groups is 1. The number of hydrogen-bond acceptors (Lipinski definition) is 5. The van der Waals surface area contributed by atoms with Crippen LogP contribution in [0.25, 0.3) is 22.4 Å². The lowest BCUT2D eigenvalue weighted by Crippen LogP contribution is -2.27. The quantitative estimate of drug-likeness (QED) is 0.133. The summed E-state index contributed by atoms with van der Waals surface area (Å²) in [6.45, 7) is 3.61. The molecule has 9 nitrogen and oxygen atoms in total. The minimum Gasteiger partial charge on any atom is -0.437 e. The largest absolute Gasteiger partial charge is 0.437 e. The van der Waals surface area contributed by atoms with Gasteiger partial charge < -0.3 is 14.6 Å². The van der Waals surface area contributed by atoms with E-state index in [0.29, 0.717) is 35.2 Å². The Morgan fingerprint density at radius 1 is 1.29 bits per heavy atom. The molecule has 2 unspecified atom stereocenters.